The van der Waals surface area contributed by atoms with Crippen LogP contribution in [-0.4, -0.2) is 62.0 Å². The van der Waals surface area contributed by atoms with E-state index in [4.69, 9.17) is 4.74 Å². The van der Waals surface area contributed by atoms with Gasteiger partial charge in [0.1, 0.15) is 0 Å². The quantitative estimate of drug-likeness (QED) is 0.573. The van der Waals surface area contributed by atoms with E-state index >= 15 is 0 Å². The monoisotopic (exact) mass is 246 g/mol. The minimum atomic E-state index is 0.218. The van der Waals surface area contributed by atoms with Crippen LogP contribution in [0.2, 0.25) is 0 Å². The van der Waals surface area contributed by atoms with Crippen molar-refractivity contribution in [2.24, 2.45) is 0 Å². The van der Waals surface area contributed by atoms with Crippen LogP contribution in [0.3, 0.4) is 0 Å². The average molecular weight is 246 g/mol. The van der Waals surface area contributed by atoms with Crippen molar-refractivity contribution in [3.8, 4) is 0 Å². The molecule has 0 amide bonds. The lowest BCUT2D eigenvalue weighted by atomic mass is 10.2. The molecule has 0 aliphatic heterocycles. The van der Waals surface area contributed by atoms with Crippen LogP contribution in [0.5, 0.6) is 0 Å². The minimum Gasteiger partial charge on any atom is -0.395 e. The van der Waals surface area contributed by atoms with Gasteiger partial charge < -0.3 is 15.2 Å². The predicted molar refractivity (Wildman–Crippen MR) is 72.4 cm³/mol. The fourth-order valence-electron chi connectivity index (χ4n) is 1.76. The third kappa shape index (κ3) is 8.55. The van der Waals surface area contributed by atoms with Crippen molar-refractivity contribution in [2.75, 3.05) is 40.0 Å². The summed E-state index contributed by atoms with van der Waals surface area (Å²) in [6.07, 6.45) is 2.09. The van der Waals surface area contributed by atoms with Crippen molar-refractivity contribution in [2.45, 2.75) is 45.7 Å². The van der Waals surface area contributed by atoms with Crippen molar-refractivity contribution in [1.29, 1.82) is 0 Å². The average Bonchev–Trinajstić information content (AvgIpc) is 2.32. The van der Waals surface area contributed by atoms with Gasteiger partial charge in [0.25, 0.3) is 0 Å². The molecule has 104 valence electrons. The molecule has 2 N–H and O–H groups in total. The molecule has 0 aliphatic rings. The molecule has 0 aromatic heterocycles. The maximum atomic E-state index is 9.27. The Labute approximate surface area is 106 Å². The van der Waals surface area contributed by atoms with Gasteiger partial charge in [0.15, 0.2) is 0 Å². The van der Waals surface area contributed by atoms with Gasteiger partial charge in [0, 0.05) is 32.3 Å². The van der Waals surface area contributed by atoms with E-state index < -0.39 is 0 Å². The first-order valence-corrected chi connectivity index (χ1v) is 6.72. The number of methoxy groups -OCH3 is 1. The highest BCUT2D eigenvalue weighted by molar-refractivity contribution is 4.70. The zero-order valence-electron chi connectivity index (χ0n) is 11.9. The molecule has 0 saturated carbocycles. The molecule has 0 rings (SSSR count). The van der Waals surface area contributed by atoms with Gasteiger partial charge in [0.2, 0.25) is 0 Å². The van der Waals surface area contributed by atoms with Crippen molar-refractivity contribution < 1.29 is 9.84 Å². The van der Waals surface area contributed by atoms with Gasteiger partial charge in [-0.1, -0.05) is 6.92 Å². The maximum absolute atomic E-state index is 9.27. The summed E-state index contributed by atoms with van der Waals surface area (Å²) in [6, 6.07) is 0.745. The summed E-state index contributed by atoms with van der Waals surface area (Å²) >= 11 is 0. The van der Waals surface area contributed by atoms with Crippen LogP contribution >= 0.6 is 0 Å². The van der Waals surface area contributed by atoms with Crippen molar-refractivity contribution in [3.05, 3.63) is 0 Å². The van der Waals surface area contributed by atoms with Crippen molar-refractivity contribution in [1.82, 2.24) is 10.2 Å². The number of aliphatic hydroxyl groups excluding tert-OH is 1. The molecule has 17 heavy (non-hydrogen) atoms. The fraction of sp³-hybridized carbons (Fsp3) is 1.00. The van der Waals surface area contributed by atoms with Gasteiger partial charge in [-0.2, -0.15) is 0 Å². The fourth-order valence-corrected chi connectivity index (χ4v) is 1.76. The molecule has 0 aliphatic carbocycles. The van der Waals surface area contributed by atoms with Crippen LogP contribution in [0.1, 0.15) is 33.6 Å². The highest BCUT2D eigenvalue weighted by Crippen LogP contribution is 2.02. The van der Waals surface area contributed by atoms with Crippen LogP contribution in [0.25, 0.3) is 0 Å². The molecule has 0 saturated heterocycles. The van der Waals surface area contributed by atoms with Crippen LogP contribution in [0, 0.1) is 0 Å². The van der Waals surface area contributed by atoms with E-state index in [9.17, 15) is 5.11 Å². The summed E-state index contributed by atoms with van der Waals surface area (Å²) in [5, 5.41) is 12.6. The number of aliphatic hydroxyl groups is 1. The smallest absolute Gasteiger partial charge is 0.0589 e. The first-order valence-electron chi connectivity index (χ1n) is 6.72. The van der Waals surface area contributed by atoms with E-state index in [0.717, 1.165) is 39.1 Å². The van der Waals surface area contributed by atoms with Gasteiger partial charge in [-0.3, -0.25) is 4.90 Å². The second-order valence-electron chi connectivity index (χ2n) is 4.74. The number of ether oxygens (including phenoxy) is 1. The van der Waals surface area contributed by atoms with Crippen LogP contribution < -0.4 is 5.32 Å². The molecule has 1 unspecified atom stereocenters. The van der Waals surface area contributed by atoms with Crippen LogP contribution in [0.15, 0.2) is 0 Å². The Bertz CT molecular complexity index is 165. The van der Waals surface area contributed by atoms with Gasteiger partial charge >= 0.3 is 0 Å². The summed E-state index contributed by atoms with van der Waals surface area (Å²) in [7, 11) is 1.73. The maximum Gasteiger partial charge on any atom is 0.0589 e. The molecule has 4 nitrogen and oxygen atoms in total. The van der Waals surface area contributed by atoms with Crippen LogP contribution in [-0.2, 0) is 4.74 Å². The number of hydrogen-bond donors (Lipinski definition) is 2. The zero-order chi connectivity index (χ0) is 13.1. The van der Waals surface area contributed by atoms with Gasteiger partial charge in [-0.25, -0.2) is 0 Å². The molecule has 0 bridgehead atoms. The van der Waals surface area contributed by atoms with Gasteiger partial charge in [-0.15, -0.1) is 0 Å². The van der Waals surface area contributed by atoms with Crippen molar-refractivity contribution in [3.63, 3.8) is 0 Å². The summed E-state index contributed by atoms with van der Waals surface area (Å²) < 4.78 is 5.11. The van der Waals surface area contributed by atoms with E-state index in [1.54, 1.807) is 7.11 Å². The van der Waals surface area contributed by atoms with Gasteiger partial charge in [0.05, 0.1) is 13.2 Å². The topological polar surface area (TPSA) is 44.7 Å². The van der Waals surface area contributed by atoms with E-state index in [0.29, 0.717) is 6.04 Å². The first-order chi connectivity index (χ1) is 8.15. The van der Waals surface area contributed by atoms with E-state index in [-0.39, 0.29) is 12.6 Å². The summed E-state index contributed by atoms with van der Waals surface area (Å²) in [4.78, 5) is 2.39. The summed E-state index contributed by atoms with van der Waals surface area (Å²) in [6.45, 7) is 10.5. The third-order valence-corrected chi connectivity index (χ3v) is 2.98. The normalized spacial score (nSPS) is 13.6. The standard InChI is InChI=1S/C13H30N2O2/c1-5-7-14-13(11-16)6-8-15(12(2)3)9-10-17-4/h12-14,16H,5-11H2,1-4H3. The Morgan fingerprint density at radius 3 is 2.47 bits per heavy atom. The minimum absolute atomic E-state index is 0.218. The Hall–Kier alpha value is -0.160. The van der Waals surface area contributed by atoms with Crippen LogP contribution in [0.4, 0.5) is 0 Å². The molecule has 4 heteroatoms. The SMILES string of the molecule is CCCNC(CO)CCN(CCOC)C(C)C. The summed E-state index contributed by atoms with van der Waals surface area (Å²) in [5.74, 6) is 0. The Morgan fingerprint density at radius 1 is 1.29 bits per heavy atom. The van der Waals surface area contributed by atoms with E-state index in [1.807, 2.05) is 0 Å². The van der Waals surface area contributed by atoms with Crippen molar-refractivity contribution >= 4 is 0 Å². The number of nitrogens with one attached hydrogen (secondary N) is 1. The Balaban J connectivity index is 3.90. The summed E-state index contributed by atoms with van der Waals surface area (Å²) in [5.41, 5.74) is 0. The highest BCUT2D eigenvalue weighted by Gasteiger charge is 2.12. The molecule has 0 aromatic rings. The third-order valence-electron chi connectivity index (χ3n) is 2.98. The lowest BCUT2D eigenvalue weighted by Gasteiger charge is -2.28. The van der Waals surface area contributed by atoms with E-state index in [1.165, 1.54) is 0 Å². The molecule has 0 aromatic carbocycles. The number of hydrogen-bond acceptors (Lipinski definition) is 4. The Morgan fingerprint density at radius 2 is 2.00 bits per heavy atom. The molecular weight excluding hydrogens is 216 g/mol. The second-order valence-corrected chi connectivity index (χ2v) is 4.74. The largest absolute Gasteiger partial charge is 0.395 e. The second kappa shape index (κ2) is 11.0. The predicted octanol–water partition coefficient (Wildman–Crippen LogP) is 1.09. The molecule has 0 heterocycles. The molecular formula is C13H30N2O2. The lowest BCUT2D eigenvalue weighted by molar-refractivity contribution is 0.122. The first kappa shape index (κ1) is 16.8. The number of rotatable bonds is 11. The van der Waals surface area contributed by atoms with Gasteiger partial charge in [-0.05, 0) is 33.2 Å². The zero-order valence-corrected chi connectivity index (χ0v) is 11.9. The molecule has 0 spiro atoms. The van der Waals surface area contributed by atoms with E-state index in [2.05, 4.69) is 31.0 Å². The number of nitrogens with zero attached hydrogens (tertiary/aromatic N) is 1. The molecule has 0 fully saturated rings. The highest BCUT2D eigenvalue weighted by atomic mass is 16.5. The Kier molecular flexibility index (Phi) is 10.9. The lowest BCUT2D eigenvalue weighted by Crippen LogP contribution is -2.40. The molecule has 1 atom stereocenters. The molecule has 0 radical (unpaired) electrons.